The highest BCUT2D eigenvalue weighted by Crippen LogP contribution is 2.55. The molecule has 0 aromatic heterocycles. The van der Waals surface area contributed by atoms with Crippen LogP contribution in [0.3, 0.4) is 0 Å². The fourth-order valence-corrected chi connectivity index (χ4v) is 3.57. The summed E-state index contributed by atoms with van der Waals surface area (Å²) in [5, 5.41) is 0. The van der Waals surface area contributed by atoms with Crippen molar-refractivity contribution in [1.29, 1.82) is 0 Å². The molecule has 3 heterocycles. The summed E-state index contributed by atoms with van der Waals surface area (Å²) in [4.78, 5) is 0. The molecule has 0 N–H and O–H groups in total. The van der Waals surface area contributed by atoms with Crippen LogP contribution in [0.25, 0.3) is 0 Å². The molecule has 0 spiro atoms. The van der Waals surface area contributed by atoms with Crippen molar-refractivity contribution >= 4 is 0 Å². The molecule has 0 saturated carbocycles. The van der Waals surface area contributed by atoms with Crippen molar-refractivity contribution < 1.29 is 14.2 Å². The highest BCUT2D eigenvalue weighted by atomic mass is 16.8. The third-order valence-electron chi connectivity index (χ3n) is 4.69. The molecule has 5 atom stereocenters. The maximum atomic E-state index is 6.23. The van der Waals surface area contributed by atoms with Crippen molar-refractivity contribution in [3.8, 4) is 0 Å². The third kappa shape index (κ3) is 1.25. The molecule has 0 radical (unpaired) electrons. The van der Waals surface area contributed by atoms with Gasteiger partial charge in [-0.05, 0) is 46.5 Å². The van der Waals surface area contributed by atoms with Crippen LogP contribution in [-0.2, 0) is 14.2 Å². The zero-order valence-corrected chi connectivity index (χ0v) is 10.7. The van der Waals surface area contributed by atoms with Gasteiger partial charge in [-0.3, -0.25) is 0 Å². The van der Waals surface area contributed by atoms with Gasteiger partial charge in [-0.25, -0.2) is 0 Å². The van der Waals surface area contributed by atoms with E-state index in [0.29, 0.717) is 0 Å². The van der Waals surface area contributed by atoms with Crippen LogP contribution >= 0.6 is 0 Å². The molecule has 0 aromatic carbocycles. The second-order valence-electron chi connectivity index (χ2n) is 6.15. The van der Waals surface area contributed by atoms with Gasteiger partial charge in [0.15, 0.2) is 5.79 Å². The SMILES string of the molecule is CCC1(C)O[C@@H]2[C@H](O1)C1(C)CCCC2(C)O1. The topological polar surface area (TPSA) is 27.7 Å². The molecule has 3 aliphatic heterocycles. The number of hydrogen-bond acceptors (Lipinski definition) is 3. The molecule has 0 amide bonds. The highest BCUT2D eigenvalue weighted by molar-refractivity contribution is 5.13. The van der Waals surface area contributed by atoms with Gasteiger partial charge in [0, 0.05) is 0 Å². The molecule has 3 aliphatic rings. The van der Waals surface area contributed by atoms with Gasteiger partial charge in [0.2, 0.25) is 0 Å². The number of hydrogen-bond donors (Lipinski definition) is 0. The fourth-order valence-electron chi connectivity index (χ4n) is 3.57. The molecule has 2 bridgehead atoms. The molecule has 3 unspecified atom stereocenters. The first-order valence-corrected chi connectivity index (χ1v) is 6.47. The van der Waals surface area contributed by atoms with Crippen LogP contribution in [0, 0.1) is 0 Å². The Morgan fingerprint density at radius 1 is 1.00 bits per heavy atom. The lowest BCUT2D eigenvalue weighted by Crippen LogP contribution is -2.44. The molecule has 0 aliphatic carbocycles. The minimum Gasteiger partial charge on any atom is -0.363 e. The molecule has 3 heteroatoms. The fraction of sp³-hybridized carbons (Fsp3) is 1.00. The summed E-state index contributed by atoms with van der Waals surface area (Å²) in [5.41, 5.74) is -0.269. The normalized spacial score (nSPS) is 60.0. The Morgan fingerprint density at radius 3 is 1.94 bits per heavy atom. The van der Waals surface area contributed by atoms with E-state index in [0.717, 1.165) is 19.3 Å². The first kappa shape index (κ1) is 11.0. The van der Waals surface area contributed by atoms with Gasteiger partial charge in [-0.1, -0.05) is 6.92 Å². The van der Waals surface area contributed by atoms with E-state index in [1.165, 1.54) is 6.42 Å². The predicted octanol–water partition coefficient (Wildman–Crippen LogP) is 2.63. The summed E-state index contributed by atoms with van der Waals surface area (Å²) in [6, 6.07) is 0. The minimum absolute atomic E-state index is 0.116. The summed E-state index contributed by atoms with van der Waals surface area (Å²) < 4.78 is 18.5. The van der Waals surface area contributed by atoms with E-state index in [1.54, 1.807) is 0 Å². The van der Waals surface area contributed by atoms with Gasteiger partial charge in [0.1, 0.15) is 12.2 Å². The minimum atomic E-state index is -0.404. The first-order chi connectivity index (χ1) is 7.41. The van der Waals surface area contributed by atoms with Crippen molar-refractivity contribution in [2.45, 2.75) is 82.6 Å². The molecule has 3 rings (SSSR count). The van der Waals surface area contributed by atoms with Gasteiger partial charge in [0.05, 0.1) is 11.2 Å². The predicted molar refractivity (Wildman–Crippen MR) is 60.2 cm³/mol. The summed E-state index contributed by atoms with van der Waals surface area (Å²) >= 11 is 0. The first-order valence-electron chi connectivity index (χ1n) is 6.47. The summed E-state index contributed by atoms with van der Waals surface area (Å²) in [6.45, 7) is 8.52. The maximum absolute atomic E-state index is 6.23. The van der Waals surface area contributed by atoms with Crippen LogP contribution in [0.1, 0.15) is 53.4 Å². The molecule has 3 saturated heterocycles. The summed E-state index contributed by atoms with van der Waals surface area (Å²) in [6.07, 6.45) is 4.52. The lowest BCUT2D eigenvalue weighted by atomic mass is 9.94. The van der Waals surface area contributed by atoms with Crippen LogP contribution in [0.4, 0.5) is 0 Å². The quantitative estimate of drug-likeness (QED) is 0.688. The van der Waals surface area contributed by atoms with E-state index in [1.807, 2.05) is 6.92 Å². The molecule has 0 aromatic rings. The van der Waals surface area contributed by atoms with E-state index in [9.17, 15) is 0 Å². The van der Waals surface area contributed by atoms with Gasteiger partial charge in [0.25, 0.3) is 0 Å². The van der Waals surface area contributed by atoms with Crippen molar-refractivity contribution in [3.05, 3.63) is 0 Å². The number of rotatable bonds is 1. The summed E-state index contributed by atoms with van der Waals surface area (Å²) in [7, 11) is 0. The zero-order valence-electron chi connectivity index (χ0n) is 10.7. The Bertz CT molecular complexity index is 292. The third-order valence-corrected chi connectivity index (χ3v) is 4.69. The molecule has 3 fully saturated rings. The smallest absolute Gasteiger partial charge is 0.166 e. The van der Waals surface area contributed by atoms with E-state index >= 15 is 0 Å². The Morgan fingerprint density at radius 2 is 1.50 bits per heavy atom. The van der Waals surface area contributed by atoms with Crippen LogP contribution in [0.15, 0.2) is 0 Å². The van der Waals surface area contributed by atoms with Crippen molar-refractivity contribution in [3.63, 3.8) is 0 Å². The molecular weight excluding hydrogens is 204 g/mol. The van der Waals surface area contributed by atoms with Crippen molar-refractivity contribution in [2.75, 3.05) is 0 Å². The number of fused-ring (bicyclic) bond motifs is 5. The summed E-state index contributed by atoms with van der Waals surface area (Å²) in [5.74, 6) is -0.404. The maximum Gasteiger partial charge on any atom is 0.166 e. The largest absolute Gasteiger partial charge is 0.363 e. The Kier molecular flexibility index (Phi) is 2.07. The average molecular weight is 226 g/mol. The Labute approximate surface area is 97.4 Å². The molecular formula is C13H22O3. The average Bonchev–Trinajstić information content (AvgIpc) is 2.64. The Balaban J connectivity index is 1.95. The van der Waals surface area contributed by atoms with Gasteiger partial charge >= 0.3 is 0 Å². The van der Waals surface area contributed by atoms with Crippen molar-refractivity contribution in [2.24, 2.45) is 0 Å². The molecule has 3 nitrogen and oxygen atoms in total. The van der Waals surface area contributed by atoms with Crippen LogP contribution < -0.4 is 0 Å². The number of ether oxygens (including phenoxy) is 3. The van der Waals surface area contributed by atoms with Crippen LogP contribution in [-0.4, -0.2) is 29.2 Å². The molecule has 16 heavy (non-hydrogen) atoms. The standard InChI is InChI=1S/C13H22O3/c1-5-13(4)14-9-10(15-13)12(3)8-6-7-11(9,2)16-12/h9-10H,5-8H2,1-4H3/t9-,10+,11?,12?,13?. The van der Waals surface area contributed by atoms with E-state index in [2.05, 4.69) is 20.8 Å². The van der Waals surface area contributed by atoms with Crippen molar-refractivity contribution in [1.82, 2.24) is 0 Å². The second-order valence-corrected chi connectivity index (χ2v) is 6.15. The van der Waals surface area contributed by atoms with Gasteiger partial charge in [-0.2, -0.15) is 0 Å². The van der Waals surface area contributed by atoms with Gasteiger partial charge in [-0.15, -0.1) is 0 Å². The van der Waals surface area contributed by atoms with E-state index in [4.69, 9.17) is 14.2 Å². The van der Waals surface area contributed by atoms with Crippen LogP contribution in [0.5, 0.6) is 0 Å². The van der Waals surface area contributed by atoms with Gasteiger partial charge < -0.3 is 14.2 Å². The van der Waals surface area contributed by atoms with E-state index in [-0.39, 0.29) is 23.4 Å². The molecule has 92 valence electrons. The zero-order chi connectivity index (χ0) is 11.6. The van der Waals surface area contributed by atoms with Crippen LogP contribution in [0.2, 0.25) is 0 Å². The second kappa shape index (κ2) is 3.01. The monoisotopic (exact) mass is 226 g/mol. The lowest BCUT2D eigenvalue weighted by molar-refractivity contribution is -0.247. The lowest BCUT2D eigenvalue weighted by Gasteiger charge is -2.40. The Hall–Kier alpha value is -0.120. The van der Waals surface area contributed by atoms with E-state index < -0.39 is 5.79 Å². The highest BCUT2D eigenvalue weighted by Gasteiger charge is 2.67.